The van der Waals surface area contributed by atoms with Crippen molar-refractivity contribution in [2.75, 3.05) is 26.2 Å². The van der Waals surface area contributed by atoms with Crippen molar-refractivity contribution in [3.63, 3.8) is 0 Å². The van der Waals surface area contributed by atoms with E-state index in [2.05, 4.69) is 43.0 Å². The standard InChI is InChI=1S/C19H29NO.HI/c1-3-20-13-7-12-19(11-6-9-17(19)15-20)16-8-5-10-18(14-16)21-4-2;/h5,8,10,14,17H,3-4,6-7,9,11-13,15H2,1-2H3;1H. The van der Waals surface area contributed by atoms with Gasteiger partial charge in [-0.25, -0.2) is 0 Å². The van der Waals surface area contributed by atoms with Crippen molar-refractivity contribution in [2.24, 2.45) is 5.92 Å². The SMILES string of the molecule is CCOc1cccc(C23CCCC2CN(CC)CCC3)c1.I. The number of hydrogen-bond acceptors (Lipinski definition) is 2. The lowest BCUT2D eigenvalue weighted by Crippen LogP contribution is -2.35. The van der Waals surface area contributed by atoms with Crippen molar-refractivity contribution in [1.82, 2.24) is 4.90 Å². The first-order valence-corrected chi connectivity index (χ1v) is 8.74. The topological polar surface area (TPSA) is 12.5 Å². The number of fused-ring (bicyclic) bond motifs is 1. The monoisotopic (exact) mass is 415 g/mol. The van der Waals surface area contributed by atoms with Gasteiger partial charge in [0.2, 0.25) is 0 Å². The second-order valence-corrected chi connectivity index (χ2v) is 6.70. The number of nitrogens with zero attached hydrogens (tertiary/aromatic N) is 1. The van der Waals surface area contributed by atoms with Gasteiger partial charge in [-0.1, -0.05) is 25.5 Å². The quantitative estimate of drug-likeness (QED) is 0.652. The summed E-state index contributed by atoms with van der Waals surface area (Å²) in [5.41, 5.74) is 1.95. The molecule has 2 aliphatic rings. The van der Waals surface area contributed by atoms with Crippen molar-refractivity contribution in [3.05, 3.63) is 29.8 Å². The molecule has 0 aromatic heterocycles. The van der Waals surface area contributed by atoms with E-state index in [1.807, 2.05) is 0 Å². The highest BCUT2D eigenvalue weighted by Crippen LogP contribution is 2.50. The highest BCUT2D eigenvalue weighted by molar-refractivity contribution is 14.0. The number of hydrogen-bond donors (Lipinski definition) is 0. The van der Waals surface area contributed by atoms with Gasteiger partial charge in [-0.3, -0.25) is 0 Å². The van der Waals surface area contributed by atoms with Crippen LogP contribution >= 0.6 is 24.0 Å². The summed E-state index contributed by atoms with van der Waals surface area (Å²) < 4.78 is 5.75. The first kappa shape index (κ1) is 18.1. The van der Waals surface area contributed by atoms with Crippen molar-refractivity contribution >= 4 is 24.0 Å². The Morgan fingerprint density at radius 3 is 2.82 bits per heavy atom. The molecule has 3 rings (SSSR count). The highest BCUT2D eigenvalue weighted by Gasteiger charge is 2.45. The third-order valence-corrected chi connectivity index (χ3v) is 5.70. The van der Waals surface area contributed by atoms with Crippen LogP contribution in [-0.2, 0) is 5.41 Å². The van der Waals surface area contributed by atoms with Crippen LogP contribution in [-0.4, -0.2) is 31.1 Å². The Kier molecular flexibility index (Phi) is 6.57. The molecule has 1 saturated carbocycles. The summed E-state index contributed by atoms with van der Waals surface area (Å²) in [6.07, 6.45) is 6.84. The molecule has 2 nitrogen and oxygen atoms in total. The van der Waals surface area contributed by atoms with Gasteiger partial charge in [0.1, 0.15) is 5.75 Å². The average Bonchev–Trinajstić information content (AvgIpc) is 2.82. The van der Waals surface area contributed by atoms with Gasteiger partial charge in [-0.15, -0.1) is 24.0 Å². The van der Waals surface area contributed by atoms with Crippen LogP contribution in [0.25, 0.3) is 0 Å². The highest BCUT2D eigenvalue weighted by atomic mass is 127. The lowest BCUT2D eigenvalue weighted by Gasteiger charge is -2.36. The predicted octanol–water partition coefficient (Wildman–Crippen LogP) is 4.86. The Morgan fingerprint density at radius 2 is 2.05 bits per heavy atom. The van der Waals surface area contributed by atoms with Crippen LogP contribution in [0.5, 0.6) is 5.75 Å². The van der Waals surface area contributed by atoms with Crippen molar-refractivity contribution < 1.29 is 4.74 Å². The molecule has 2 unspecified atom stereocenters. The van der Waals surface area contributed by atoms with Crippen molar-refractivity contribution in [3.8, 4) is 5.75 Å². The fourth-order valence-corrected chi connectivity index (χ4v) is 4.63. The molecule has 0 amide bonds. The molecule has 3 heteroatoms. The molecule has 2 fully saturated rings. The fraction of sp³-hybridized carbons (Fsp3) is 0.684. The molecule has 1 aliphatic carbocycles. The largest absolute Gasteiger partial charge is 0.494 e. The van der Waals surface area contributed by atoms with E-state index < -0.39 is 0 Å². The van der Waals surface area contributed by atoms with Gasteiger partial charge in [0, 0.05) is 6.54 Å². The Bertz CT molecular complexity index is 478. The Labute approximate surface area is 152 Å². The molecule has 124 valence electrons. The average molecular weight is 415 g/mol. The first-order chi connectivity index (χ1) is 10.3. The number of benzene rings is 1. The number of ether oxygens (including phenoxy) is 1. The summed E-state index contributed by atoms with van der Waals surface area (Å²) >= 11 is 0. The maximum Gasteiger partial charge on any atom is 0.119 e. The molecule has 0 spiro atoms. The fourth-order valence-electron chi connectivity index (χ4n) is 4.63. The summed E-state index contributed by atoms with van der Waals surface area (Å²) in [5, 5.41) is 0. The molecule has 1 saturated heterocycles. The van der Waals surface area contributed by atoms with Gasteiger partial charge >= 0.3 is 0 Å². The lowest BCUT2D eigenvalue weighted by atomic mass is 9.69. The molecular formula is C19H30INO. The van der Waals surface area contributed by atoms with E-state index in [0.29, 0.717) is 5.41 Å². The number of likely N-dealkylation sites (tertiary alicyclic amines) is 1. The number of rotatable bonds is 4. The van der Waals surface area contributed by atoms with Gasteiger partial charge in [0.05, 0.1) is 6.61 Å². The lowest BCUT2D eigenvalue weighted by molar-refractivity contribution is 0.229. The van der Waals surface area contributed by atoms with Crippen LogP contribution in [0.3, 0.4) is 0 Å². The van der Waals surface area contributed by atoms with Crippen LogP contribution in [0.4, 0.5) is 0 Å². The molecular weight excluding hydrogens is 385 g/mol. The zero-order valence-electron chi connectivity index (χ0n) is 14.0. The molecule has 1 aromatic carbocycles. The van der Waals surface area contributed by atoms with Crippen LogP contribution in [0.2, 0.25) is 0 Å². The first-order valence-electron chi connectivity index (χ1n) is 8.74. The van der Waals surface area contributed by atoms with E-state index in [0.717, 1.165) is 18.3 Å². The van der Waals surface area contributed by atoms with Crippen LogP contribution < -0.4 is 4.74 Å². The van der Waals surface area contributed by atoms with E-state index >= 15 is 0 Å². The van der Waals surface area contributed by atoms with Gasteiger partial charge in [0.15, 0.2) is 0 Å². The second kappa shape index (κ2) is 8.00. The summed E-state index contributed by atoms with van der Waals surface area (Å²) in [5.74, 6) is 1.88. The van der Waals surface area contributed by atoms with E-state index in [9.17, 15) is 0 Å². The minimum atomic E-state index is 0. The van der Waals surface area contributed by atoms with Crippen LogP contribution in [0.15, 0.2) is 24.3 Å². The minimum Gasteiger partial charge on any atom is -0.494 e. The van der Waals surface area contributed by atoms with Gasteiger partial charge in [-0.2, -0.15) is 0 Å². The second-order valence-electron chi connectivity index (χ2n) is 6.70. The van der Waals surface area contributed by atoms with Crippen LogP contribution in [0.1, 0.15) is 51.5 Å². The summed E-state index contributed by atoms with van der Waals surface area (Å²) in [7, 11) is 0. The van der Waals surface area contributed by atoms with Gasteiger partial charge < -0.3 is 9.64 Å². The molecule has 22 heavy (non-hydrogen) atoms. The number of halogens is 1. The third-order valence-electron chi connectivity index (χ3n) is 5.70. The van der Waals surface area contributed by atoms with Gasteiger partial charge in [-0.05, 0) is 74.7 Å². The Hall–Kier alpha value is -0.290. The summed E-state index contributed by atoms with van der Waals surface area (Å²) in [6, 6.07) is 8.96. The Balaban J connectivity index is 0.00000176. The maximum absolute atomic E-state index is 5.75. The maximum atomic E-state index is 5.75. The van der Waals surface area contributed by atoms with Crippen LogP contribution in [0, 0.1) is 5.92 Å². The van der Waals surface area contributed by atoms with Gasteiger partial charge in [0.25, 0.3) is 0 Å². The molecule has 1 aliphatic heterocycles. The molecule has 1 aromatic rings. The summed E-state index contributed by atoms with van der Waals surface area (Å²) in [4.78, 5) is 2.66. The molecule has 1 heterocycles. The van der Waals surface area contributed by atoms with E-state index in [-0.39, 0.29) is 24.0 Å². The molecule has 2 atom stereocenters. The Morgan fingerprint density at radius 1 is 1.23 bits per heavy atom. The van der Waals surface area contributed by atoms with Crippen molar-refractivity contribution in [2.45, 2.75) is 51.4 Å². The smallest absolute Gasteiger partial charge is 0.119 e. The normalized spacial score (nSPS) is 28.5. The zero-order chi connectivity index (χ0) is 14.7. The minimum absolute atomic E-state index is 0. The van der Waals surface area contributed by atoms with E-state index in [4.69, 9.17) is 4.74 Å². The molecule has 0 bridgehead atoms. The predicted molar refractivity (Wildman–Crippen MR) is 103 cm³/mol. The van der Waals surface area contributed by atoms with E-state index in [1.54, 1.807) is 0 Å². The molecule has 0 radical (unpaired) electrons. The molecule has 0 N–H and O–H groups in total. The summed E-state index contributed by atoms with van der Waals surface area (Å²) in [6.45, 7) is 8.89. The van der Waals surface area contributed by atoms with E-state index in [1.165, 1.54) is 57.3 Å². The zero-order valence-corrected chi connectivity index (χ0v) is 16.3. The third kappa shape index (κ3) is 3.45. The van der Waals surface area contributed by atoms with Crippen molar-refractivity contribution in [1.29, 1.82) is 0 Å².